The van der Waals surface area contributed by atoms with Gasteiger partial charge in [-0.2, -0.15) is 0 Å². The number of nitrogens with zero attached hydrogens (tertiary/aromatic N) is 1. The first-order valence-corrected chi connectivity index (χ1v) is 10.6. The molecule has 6 heteroatoms. The van der Waals surface area contributed by atoms with Gasteiger partial charge in [0, 0.05) is 31.6 Å². The van der Waals surface area contributed by atoms with E-state index in [1.165, 1.54) is 39.0 Å². The van der Waals surface area contributed by atoms with Crippen LogP contribution in [0.1, 0.15) is 62.2 Å². The van der Waals surface area contributed by atoms with Crippen LogP contribution in [0.3, 0.4) is 0 Å². The van der Waals surface area contributed by atoms with Crippen molar-refractivity contribution in [1.29, 1.82) is 0 Å². The molecule has 1 saturated carbocycles. The van der Waals surface area contributed by atoms with Gasteiger partial charge in [-0.1, -0.05) is 31.4 Å². The highest BCUT2D eigenvalue weighted by molar-refractivity contribution is 5.95. The standard InChI is InChI=1S/C23H30N2O4/c1-17(26)29-21-9-5-8-19(16-21)23(28)25-14-12-20(13-15-25)24-22(27)11-10-18-6-3-2-4-7-18/h5,8-11,16,18,20H,2-4,6-7,12-15H2,1H3,(H,24,27)/b11-10+. The van der Waals surface area contributed by atoms with Gasteiger partial charge in [0.05, 0.1) is 0 Å². The van der Waals surface area contributed by atoms with Gasteiger partial charge >= 0.3 is 5.97 Å². The monoisotopic (exact) mass is 398 g/mol. The average molecular weight is 399 g/mol. The third kappa shape index (κ3) is 6.44. The second-order valence-corrected chi connectivity index (χ2v) is 7.95. The number of likely N-dealkylation sites (tertiary alicyclic amines) is 1. The molecule has 0 atom stereocenters. The highest BCUT2D eigenvalue weighted by Gasteiger charge is 2.24. The van der Waals surface area contributed by atoms with Crippen molar-refractivity contribution < 1.29 is 19.1 Å². The molecule has 0 unspecified atom stereocenters. The summed E-state index contributed by atoms with van der Waals surface area (Å²) in [6.07, 6.45) is 11.4. The van der Waals surface area contributed by atoms with Crippen molar-refractivity contribution in [1.82, 2.24) is 10.2 Å². The Morgan fingerprint density at radius 2 is 1.79 bits per heavy atom. The number of carbonyl (C=O) groups is 3. The summed E-state index contributed by atoms with van der Waals surface area (Å²) in [7, 11) is 0. The van der Waals surface area contributed by atoms with Crippen LogP contribution in [0.5, 0.6) is 5.75 Å². The summed E-state index contributed by atoms with van der Waals surface area (Å²) in [5.41, 5.74) is 0.502. The number of esters is 1. The van der Waals surface area contributed by atoms with Crippen molar-refractivity contribution in [2.45, 2.75) is 57.9 Å². The van der Waals surface area contributed by atoms with E-state index in [2.05, 4.69) is 11.4 Å². The summed E-state index contributed by atoms with van der Waals surface area (Å²) >= 11 is 0. The van der Waals surface area contributed by atoms with Crippen LogP contribution in [0.15, 0.2) is 36.4 Å². The Morgan fingerprint density at radius 1 is 1.07 bits per heavy atom. The van der Waals surface area contributed by atoms with Gasteiger partial charge in [0.15, 0.2) is 0 Å². The number of ether oxygens (including phenoxy) is 1. The quantitative estimate of drug-likeness (QED) is 0.468. The van der Waals surface area contributed by atoms with E-state index in [4.69, 9.17) is 4.74 Å². The molecule has 0 spiro atoms. The van der Waals surface area contributed by atoms with Crippen LogP contribution in [0, 0.1) is 5.92 Å². The minimum Gasteiger partial charge on any atom is -0.427 e. The molecule has 1 aliphatic heterocycles. The van der Waals surface area contributed by atoms with Crippen LogP contribution in [0.25, 0.3) is 0 Å². The fourth-order valence-electron chi connectivity index (χ4n) is 4.07. The zero-order valence-corrected chi connectivity index (χ0v) is 17.1. The molecule has 0 radical (unpaired) electrons. The molecular weight excluding hydrogens is 368 g/mol. The van der Waals surface area contributed by atoms with Crippen LogP contribution in [0.2, 0.25) is 0 Å². The molecule has 2 amide bonds. The summed E-state index contributed by atoms with van der Waals surface area (Å²) in [4.78, 5) is 37.8. The smallest absolute Gasteiger partial charge is 0.308 e. The van der Waals surface area contributed by atoms with Crippen LogP contribution in [-0.4, -0.2) is 41.8 Å². The molecule has 0 aromatic heterocycles. The topological polar surface area (TPSA) is 75.7 Å². The van der Waals surface area contributed by atoms with Gasteiger partial charge in [0.1, 0.15) is 5.75 Å². The second kappa shape index (κ2) is 10.2. The highest BCUT2D eigenvalue weighted by Crippen LogP contribution is 2.24. The maximum absolute atomic E-state index is 12.7. The van der Waals surface area contributed by atoms with Gasteiger partial charge in [-0.15, -0.1) is 0 Å². The zero-order valence-electron chi connectivity index (χ0n) is 17.1. The van der Waals surface area contributed by atoms with E-state index < -0.39 is 5.97 Å². The minimum atomic E-state index is -0.413. The molecule has 1 aliphatic carbocycles. The van der Waals surface area contributed by atoms with E-state index in [-0.39, 0.29) is 17.9 Å². The van der Waals surface area contributed by atoms with E-state index in [9.17, 15) is 14.4 Å². The third-order valence-corrected chi connectivity index (χ3v) is 5.64. The number of benzene rings is 1. The summed E-state index contributed by atoms with van der Waals surface area (Å²) in [5, 5.41) is 3.07. The van der Waals surface area contributed by atoms with Gasteiger partial charge in [0.25, 0.3) is 5.91 Å². The third-order valence-electron chi connectivity index (χ3n) is 5.64. The fraction of sp³-hybridized carbons (Fsp3) is 0.522. The highest BCUT2D eigenvalue weighted by atomic mass is 16.5. The predicted octanol–water partition coefficient (Wildman–Crippen LogP) is 3.47. The summed E-state index contributed by atoms with van der Waals surface area (Å²) in [6.45, 7) is 2.51. The van der Waals surface area contributed by atoms with Crippen molar-refractivity contribution in [3.05, 3.63) is 42.0 Å². The number of hydrogen-bond acceptors (Lipinski definition) is 4. The molecule has 1 N–H and O–H groups in total. The number of nitrogens with one attached hydrogen (secondary N) is 1. The molecule has 6 nitrogen and oxygen atoms in total. The largest absolute Gasteiger partial charge is 0.427 e. The lowest BCUT2D eigenvalue weighted by Gasteiger charge is -2.32. The van der Waals surface area contributed by atoms with Crippen molar-refractivity contribution in [3.8, 4) is 5.75 Å². The lowest BCUT2D eigenvalue weighted by molar-refractivity contribution is -0.131. The lowest BCUT2D eigenvalue weighted by atomic mass is 9.89. The van der Waals surface area contributed by atoms with Crippen molar-refractivity contribution in [2.24, 2.45) is 5.92 Å². The van der Waals surface area contributed by atoms with E-state index in [0.717, 1.165) is 12.8 Å². The Kier molecular flexibility index (Phi) is 7.44. The molecule has 1 heterocycles. The van der Waals surface area contributed by atoms with E-state index in [1.807, 2.05) is 0 Å². The molecule has 29 heavy (non-hydrogen) atoms. The first kappa shape index (κ1) is 21.1. The number of hydrogen-bond donors (Lipinski definition) is 1. The summed E-state index contributed by atoms with van der Waals surface area (Å²) in [6, 6.07) is 6.76. The SMILES string of the molecule is CC(=O)Oc1cccc(C(=O)N2CCC(NC(=O)/C=C/C3CCCCC3)CC2)c1. The van der Waals surface area contributed by atoms with E-state index >= 15 is 0 Å². The molecule has 156 valence electrons. The predicted molar refractivity (Wildman–Crippen MR) is 111 cm³/mol. The number of piperidine rings is 1. The van der Waals surface area contributed by atoms with Gasteiger partial charge < -0.3 is 15.0 Å². The summed E-state index contributed by atoms with van der Waals surface area (Å²) in [5.74, 6) is 0.381. The van der Waals surface area contributed by atoms with E-state index in [0.29, 0.717) is 30.3 Å². The first-order valence-electron chi connectivity index (χ1n) is 10.6. The molecule has 2 aliphatic rings. The maximum Gasteiger partial charge on any atom is 0.308 e. The van der Waals surface area contributed by atoms with Crippen molar-refractivity contribution in [3.63, 3.8) is 0 Å². The van der Waals surface area contributed by atoms with E-state index in [1.54, 1.807) is 35.2 Å². The average Bonchev–Trinajstić information content (AvgIpc) is 2.73. The normalized spacial score (nSPS) is 18.6. The molecule has 0 bridgehead atoms. The Balaban J connectivity index is 1.46. The fourth-order valence-corrected chi connectivity index (χ4v) is 4.07. The molecule has 1 saturated heterocycles. The van der Waals surface area contributed by atoms with Crippen molar-refractivity contribution in [2.75, 3.05) is 13.1 Å². The first-order chi connectivity index (χ1) is 14.0. The van der Waals surface area contributed by atoms with Crippen LogP contribution in [0.4, 0.5) is 0 Å². The number of carbonyl (C=O) groups excluding carboxylic acids is 3. The minimum absolute atomic E-state index is 0.0329. The Bertz CT molecular complexity index is 760. The summed E-state index contributed by atoms with van der Waals surface area (Å²) < 4.78 is 5.06. The van der Waals surface area contributed by atoms with Crippen LogP contribution < -0.4 is 10.1 Å². The zero-order chi connectivity index (χ0) is 20.6. The molecule has 2 fully saturated rings. The molecule has 1 aromatic carbocycles. The molecule has 3 rings (SSSR count). The Labute approximate surface area is 172 Å². The number of amides is 2. The Morgan fingerprint density at radius 3 is 2.48 bits per heavy atom. The van der Waals surface area contributed by atoms with Crippen LogP contribution >= 0.6 is 0 Å². The maximum atomic E-state index is 12.7. The van der Waals surface area contributed by atoms with Gasteiger partial charge in [0.2, 0.25) is 5.91 Å². The second-order valence-electron chi connectivity index (χ2n) is 7.95. The van der Waals surface area contributed by atoms with Crippen molar-refractivity contribution >= 4 is 17.8 Å². The van der Waals surface area contributed by atoms with Gasteiger partial charge in [-0.25, -0.2) is 0 Å². The number of rotatable bonds is 5. The van der Waals surface area contributed by atoms with Gasteiger partial charge in [-0.05, 0) is 55.9 Å². The van der Waals surface area contributed by atoms with Crippen LogP contribution in [-0.2, 0) is 9.59 Å². The number of allylic oxidation sites excluding steroid dienone is 1. The lowest BCUT2D eigenvalue weighted by Crippen LogP contribution is -2.46. The molecular formula is C23H30N2O4. The molecule has 1 aromatic rings. The van der Waals surface area contributed by atoms with Gasteiger partial charge in [-0.3, -0.25) is 14.4 Å². The Hall–Kier alpha value is -2.63.